The molecule has 0 N–H and O–H groups in total. The van der Waals surface area contributed by atoms with Crippen LogP contribution in [-0.2, 0) is 22.6 Å². The second-order valence-corrected chi connectivity index (χ2v) is 11.2. The number of rotatable bonds is 8. The molecule has 6 heteroatoms. The summed E-state index contributed by atoms with van der Waals surface area (Å²) in [5.74, 6) is 2.94. The third-order valence-corrected chi connectivity index (χ3v) is 9.21. The summed E-state index contributed by atoms with van der Waals surface area (Å²) in [5, 5.41) is 3.76. The molecule has 6 atom stereocenters. The third kappa shape index (κ3) is 4.84. The van der Waals surface area contributed by atoms with Crippen molar-refractivity contribution < 1.29 is 14.3 Å². The van der Waals surface area contributed by atoms with Gasteiger partial charge in [0.25, 0.3) is 0 Å². The summed E-state index contributed by atoms with van der Waals surface area (Å²) in [5.41, 5.74) is 12.8. The molecule has 0 saturated heterocycles. The van der Waals surface area contributed by atoms with E-state index in [-0.39, 0.29) is 17.5 Å². The molecule has 0 heterocycles. The number of hydrogen-bond donors (Lipinski definition) is 0. The van der Waals surface area contributed by atoms with Gasteiger partial charge >= 0.3 is 5.97 Å². The molecule has 5 rings (SSSR count). The standard InChI is InChI=1S/C30H37N3O3/c1-20(34)36-28-18-23(9-6-16-32-33-31)29-27-12-10-22-17-24(35-19-21-7-4-3-5-8-21)11-13-25(22)26(27)14-15-30(28,29)2/h3-5,7-8,11,13,17,23,26-29H,6,9-10,12,14-16,18-19H2,1-2H3. The fraction of sp³-hybridized carbons (Fsp3) is 0.567. The van der Waals surface area contributed by atoms with E-state index < -0.39 is 0 Å². The molecule has 2 saturated carbocycles. The summed E-state index contributed by atoms with van der Waals surface area (Å²) in [4.78, 5) is 14.9. The molecule has 2 aromatic rings. The molecule has 0 aromatic heterocycles. The lowest BCUT2D eigenvalue weighted by Gasteiger charge is -2.51. The number of carbonyl (C=O) groups excluding carboxylic acids is 1. The number of esters is 1. The van der Waals surface area contributed by atoms with Gasteiger partial charge in [-0.15, -0.1) is 0 Å². The summed E-state index contributed by atoms with van der Waals surface area (Å²) >= 11 is 0. The molecular weight excluding hydrogens is 450 g/mol. The van der Waals surface area contributed by atoms with Crippen LogP contribution in [0.2, 0.25) is 0 Å². The lowest BCUT2D eigenvalue weighted by Crippen LogP contribution is -2.46. The van der Waals surface area contributed by atoms with Crippen molar-refractivity contribution in [3.63, 3.8) is 0 Å². The van der Waals surface area contributed by atoms with Crippen molar-refractivity contribution in [2.75, 3.05) is 6.54 Å². The molecule has 6 nitrogen and oxygen atoms in total. The van der Waals surface area contributed by atoms with Crippen LogP contribution in [0.25, 0.3) is 10.4 Å². The van der Waals surface area contributed by atoms with Crippen molar-refractivity contribution in [3.8, 4) is 5.75 Å². The van der Waals surface area contributed by atoms with Gasteiger partial charge in [0.15, 0.2) is 0 Å². The maximum atomic E-state index is 12.0. The van der Waals surface area contributed by atoms with Crippen LogP contribution in [0.15, 0.2) is 53.6 Å². The number of carbonyl (C=O) groups is 1. The lowest BCUT2D eigenvalue weighted by atomic mass is 9.53. The van der Waals surface area contributed by atoms with Crippen molar-refractivity contribution in [2.24, 2.45) is 28.3 Å². The minimum Gasteiger partial charge on any atom is -0.489 e. The van der Waals surface area contributed by atoms with Crippen molar-refractivity contribution in [1.82, 2.24) is 0 Å². The highest BCUT2D eigenvalue weighted by atomic mass is 16.5. The zero-order chi connectivity index (χ0) is 25.1. The Labute approximate surface area is 214 Å². The van der Waals surface area contributed by atoms with Gasteiger partial charge in [-0.1, -0.05) is 48.4 Å². The van der Waals surface area contributed by atoms with Crippen LogP contribution in [0.1, 0.15) is 75.0 Å². The van der Waals surface area contributed by atoms with Gasteiger partial charge in [0.1, 0.15) is 18.5 Å². The van der Waals surface area contributed by atoms with Crippen LogP contribution in [0.5, 0.6) is 5.75 Å². The van der Waals surface area contributed by atoms with Gasteiger partial charge in [0.2, 0.25) is 0 Å². The van der Waals surface area contributed by atoms with Crippen molar-refractivity contribution in [3.05, 3.63) is 75.7 Å². The largest absolute Gasteiger partial charge is 0.489 e. The Kier molecular flexibility index (Phi) is 7.25. The number of fused-ring (bicyclic) bond motifs is 5. The number of aryl methyl sites for hydroxylation is 1. The van der Waals surface area contributed by atoms with Crippen molar-refractivity contribution >= 4 is 5.97 Å². The van der Waals surface area contributed by atoms with Crippen LogP contribution < -0.4 is 4.74 Å². The predicted molar refractivity (Wildman–Crippen MR) is 140 cm³/mol. The van der Waals surface area contributed by atoms with Crippen LogP contribution in [0.4, 0.5) is 0 Å². The van der Waals surface area contributed by atoms with E-state index in [1.54, 1.807) is 0 Å². The molecule has 36 heavy (non-hydrogen) atoms. The molecule has 0 aliphatic heterocycles. The third-order valence-electron chi connectivity index (χ3n) is 9.21. The molecule has 0 radical (unpaired) electrons. The topological polar surface area (TPSA) is 84.3 Å². The van der Waals surface area contributed by atoms with Gasteiger partial charge < -0.3 is 9.47 Å². The first-order valence-electron chi connectivity index (χ1n) is 13.5. The highest BCUT2D eigenvalue weighted by molar-refractivity contribution is 5.66. The first-order valence-corrected chi connectivity index (χ1v) is 13.5. The molecule has 2 fully saturated rings. The molecule has 0 amide bonds. The Morgan fingerprint density at radius 2 is 2.03 bits per heavy atom. The SMILES string of the molecule is CC(=O)OC1CC(CCCN=[N+]=[N-])C2C3CCc4cc(OCc5ccccc5)ccc4C3CCC12C. The van der Waals surface area contributed by atoms with Gasteiger partial charge in [-0.2, -0.15) is 0 Å². The smallest absolute Gasteiger partial charge is 0.302 e. The summed E-state index contributed by atoms with van der Waals surface area (Å²) in [6, 6.07) is 17.0. The van der Waals surface area contributed by atoms with E-state index in [2.05, 4.69) is 47.3 Å². The Bertz CT molecular complexity index is 1130. The maximum absolute atomic E-state index is 12.0. The molecule has 3 aliphatic rings. The second-order valence-electron chi connectivity index (χ2n) is 11.2. The first kappa shape index (κ1) is 24.7. The second kappa shape index (κ2) is 10.6. The average molecular weight is 488 g/mol. The highest BCUT2D eigenvalue weighted by Gasteiger charge is 2.59. The van der Waals surface area contributed by atoms with E-state index in [9.17, 15) is 4.79 Å². The van der Waals surface area contributed by atoms with Crippen LogP contribution in [-0.4, -0.2) is 18.6 Å². The number of nitrogens with zero attached hydrogens (tertiary/aromatic N) is 3. The molecule has 0 bridgehead atoms. The fourth-order valence-corrected chi connectivity index (χ4v) is 7.77. The zero-order valence-electron chi connectivity index (χ0n) is 21.4. The molecule has 0 spiro atoms. The minimum absolute atomic E-state index is 0.0134. The molecular formula is C30H37N3O3. The average Bonchev–Trinajstić information content (AvgIpc) is 3.16. The maximum Gasteiger partial charge on any atom is 0.302 e. The van der Waals surface area contributed by atoms with E-state index in [4.69, 9.17) is 15.0 Å². The Morgan fingerprint density at radius 1 is 1.19 bits per heavy atom. The number of ether oxygens (including phenoxy) is 2. The number of azide groups is 1. The highest BCUT2D eigenvalue weighted by Crippen LogP contribution is 2.64. The van der Waals surface area contributed by atoms with Gasteiger partial charge in [-0.25, -0.2) is 0 Å². The Morgan fingerprint density at radius 3 is 2.81 bits per heavy atom. The summed E-state index contributed by atoms with van der Waals surface area (Å²) in [7, 11) is 0. The van der Waals surface area contributed by atoms with Crippen LogP contribution in [0.3, 0.4) is 0 Å². The van der Waals surface area contributed by atoms with E-state index in [0.29, 0.717) is 36.8 Å². The van der Waals surface area contributed by atoms with Crippen molar-refractivity contribution in [1.29, 1.82) is 0 Å². The van der Waals surface area contributed by atoms with Gasteiger partial charge in [-0.3, -0.25) is 4.79 Å². The van der Waals surface area contributed by atoms with Crippen LogP contribution >= 0.6 is 0 Å². The predicted octanol–water partition coefficient (Wildman–Crippen LogP) is 7.37. The van der Waals surface area contributed by atoms with Gasteiger partial charge in [-0.05, 0) is 103 Å². The summed E-state index contributed by atoms with van der Waals surface area (Å²) in [6.07, 6.45) is 7.28. The Hall–Kier alpha value is -2.98. The van der Waals surface area contributed by atoms with E-state index in [1.807, 2.05) is 18.2 Å². The summed E-state index contributed by atoms with van der Waals surface area (Å²) < 4.78 is 12.1. The summed E-state index contributed by atoms with van der Waals surface area (Å²) in [6.45, 7) is 5.02. The normalized spacial score (nSPS) is 30.3. The lowest BCUT2D eigenvalue weighted by molar-refractivity contribution is -0.154. The zero-order valence-corrected chi connectivity index (χ0v) is 21.4. The molecule has 3 aliphatic carbocycles. The molecule has 6 unspecified atom stereocenters. The molecule has 2 aromatic carbocycles. The Balaban J connectivity index is 1.35. The van der Waals surface area contributed by atoms with Crippen LogP contribution in [0, 0.1) is 23.2 Å². The van der Waals surface area contributed by atoms with Crippen molar-refractivity contribution in [2.45, 2.75) is 77.4 Å². The van der Waals surface area contributed by atoms with E-state index >= 15 is 0 Å². The number of hydrogen-bond acceptors (Lipinski definition) is 4. The molecule has 190 valence electrons. The fourth-order valence-electron chi connectivity index (χ4n) is 7.77. The quantitative estimate of drug-likeness (QED) is 0.128. The van der Waals surface area contributed by atoms with E-state index in [1.165, 1.54) is 30.0 Å². The van der Waals surface area contributed by atoms with E-state index in [0.717, 1.165) is 44.3 Å². The van der Waals surface area contributed by atoms with Gasteiger partial charge in [0, 0.05) is 23.8 Å². The first-order chi connectivity index (χ1) is 17.5. The minimum atomic E-state index is -0.172. The van der Waals surface area contributed by atoms with Gasteiger partial charge in [0.05, 0.1) is 0 Å². The number of benzene rings is 2. The monoisotopic (exact) mass is 487 g/mol.